The SMILES string of the molecule is C#N.CC(N)c1ccccc1.S. The number of benzene rings is 1. The number of hydrogen-bond donors (Lipinski definition) is 1. The smallest absolute Gasteiger partial charge is 0.0462 e. The fourth-order valence-electron chi connectivity index (χ4n) is 0.757. The molecule has 1 rings (SSSR count). The van der Waals surface area contributed by atoms with E-state index in [1.54, 1.807) is 0 Å². The van der Waals surface area contributed by atoms with Gasteiger partial charge in [0.25, 0.3) is 0 Å². The molecule has 0 aliphatic rings. The molecule has 0 amide bonds. The predicted molar refractivity (Wildman–Crippen MR) is 56.1 cm³/mol. The molecule has 0 fully saturated rings. The van der Waals surface area contributed by atoms with E-state index in [1.807, 2.05) is 37.3 Å². The van der Waals surface area contributed by atoms with Crippen molar-refractivity contribution in [3.63, 3.8) is 0 Å². The van der Waals surface area contributed by atoms with Crippen molar-refractivity contribution < 1.29 is 0 Å². The summed E-state index contributed by atoms with van der Waals surface area (Å²) in [6.45, 7) is 5.48. The van der Waals surface area contributed by atoms with Crippen LogP contribution < -0.4 is 5.73 Å². The molecule has 1 aromatic carbocycles. The molecule has 3 heteroatoms. The van der Waals surface area contributed by atoms with Crippen LogP contribution in [0.3, 0.4) is 0 Å². The van der Waals surface area contributed by atoms with E-state index in [9.17, 15) is 0 Å². The van der Waals surface area contributed by atoms with Crippen LogP contribution in [-0.2, 0) is 0 Å². The van der Waals surface area contributed by atoms with Gasteiger partial charge in [0.2, 0.25) is 0 Å². The van der Waals surface area contributed by atoms with Crippen LogP contribution in [0.2, 0.25) is 0 Å². The molecule has 0 aromatic heterocycles. The van der Waals surface area contributed by atoms with Crippen LogP contribution in [0.4, 0.5) is 0 Å². The Hall–Kier alpha value is -0.980. The fourth-order valence-corrected chi connectivity index (χ4v) is 0.757. The highest BCUT2D eigenvalue weighted by Gasteiger charge is 1.93. The summed E-state index contributed by atoms with van der Waals surface area (Å²) in [6.07, 6.45) is 0. The first-order valence-electron chi connectivity index (χ1n) is 3.37. The molecule has 0 spiro atoms. The lowest BCUT2D eigenvalue weighted by Gasteiger charge is -2.02. The molecule has 1 atom stereocenters. The van der Waals surface area contributed by atoms with Gasteiger partial charge in [-0.25, -0.2) is 5.26 Å². The summed E-state index contributed by atoms with van der Waals surface area (Å²) in [5, 5.41) is 6.50. The summed E-state index contributed by atoms with van der Waals surface area (Å²) in [7, 11) is 0. The highest BCUT2D eigenvalue weighted by molar-refractivity contribution is 7.59. The summed E-state index contributed by atoms with van der Waals surface area (Å²) >= 11 is 0. The molecule has 1 aromatic rings. The lowest BCUT2D eigenvalue weighted by atomic mass is 10.1. The minimum absolute atomic E-state index is 0. The van der Waals surface area contributed by atoms with Gasteiger partial charge in [0, 0.05) is 12.6 Å². The van der Waals surface area contributed by atoms with E-state index in [-0.39, 0.29) is 19.5 Å². The van der Waals surface area contributed by atoms with Gasteiger partial charge < -0.3 is 5.73 Å². The van der Waals surface area contributed by atoms with E-state index in [1.165, 1.54) is 5.56 Å². The summed E-state index contributed by atoms with van der Waals surface area (Å²) in [5.41, 5.74) is 6.81. The number of rotatable bonds is 1. The molecule has 2 nitrogen and oxygen atoms in total. The fraction of sp³-hybridized carbons (Fsp3) is 0.222. The van der Waals surface area contributed by atoms with Crippen LogP contribution in [0, 0.1) is 11.8 Å². The van der Waals surface area contributed by atoms with Gasteiger partial charge >= 0.3 is 0 Å². The number of nitrogens with two attached hydrogens (primary N) is 1. The third-order valence-corrected chi connectivity index (χ3v) is 1.33. The first-order valence-corrected chi connectivity index (χ1v) is 3.37. The van der Waals surface area contributed by atoms with Crippen molar-refractivity contribution in [1.82, 2.24) is 0 Å². The molecule has 0 aliphatic heterocycles. The summed E-state index contributed by atoms with van der Waals surface area (Å²) in [4.78, 5) is 0. The molecule has 2 N–H and O–H groups in total. The summed E-state index contributed by atoms with van der Waals surface area (Å²) < 4.78 is 0. The van der Waals surface area contributed by atoms with Crippen LogP contribution >= 0.6 is 13.5 Å². The molecular weight excluding hydrogens is 168 g/mol. The zero-order valence-electron chi connectivity index (χ0n) is 7.07. The molecule has 0 radical (unpaired) electrons. The minimum atomic E-state index is 0. The Bertz CT molecular complexity index is 206. The predicted octanol–water partition coefficient (Wildman–Crippen LogP) is 1.96. The van der Waals surface area contributed by atoms with Gasteiger partial charge in [0.1, 0.15) is 0 Å². The van der Waals surface area contributed by atoms with Gasteiger partial charge in [-0.1, -0.05) is 30.3 Å². The van der Waals surface area contributed by atoms with Crippen molar-refractivity contribution in [1.29, 1.82) is 5.26 Å². The van der Waals surface area contributed by atoms with Crippen LogP contribution in [0.15, 0.2) is 30.3 Å². The van der Waals surface area contributed by atoms with Gasteiger partial charge in [-0.15, -0.1) is 0 Å². The van der Waals surface area contributed by atoms with Gasteiger partial charge in [-0.05, 0) is 12.5 Å². The van der Waals surface area contributed by atoms with Crippen molar-refractivity contribution in [2.24, 2.45) is 5.73 Å². The zero-order valence-corrected chi connectivity index (χ0v) is 8.07. The third kappa shape index (κ3) is 4.78. The standard InChI is InChI=1S/C8H11N.CHN.H2S/c1-7(9)8-5-3-2-4-6-8;1-2;/h2-7H,9H2,1H3;1H;1H2. The molecule has 0 aliphatic carbocycles. The average Bonchev–Trinajstić information content (AvgIpc) is 2.10. The maximum absolute atomic E-state index is 6.50. The monoisotopic (exact) mass is 182 g/mol. The second-order valence-electron chi connectivity index (χ2n) is 2.20. The van der Waals surface area contributed by atoms with E-state index in [0.717, 1.165) is 0 Å². The molecule has 0 saturated heterocycles. The van der Waals surface area contributed by atoms with E-state index in [2.05, 4.69) is 6.57 Å². The highest BCUT2D eigenvalue weighted by Crippen LogP contribution is 2.06. The normalized spacial score (nSPS) is 10.0. The van der Waals surface area contributed by atoms with Crippen molar-refractivity contribution in [2.45, 2.75) is 13.0 Å². The molecule has 12 heavy (non-hydrogen) atoms. The van der Waals surface area contributed by atoms with E-state index in [0.29, 0.717) is 0 Å². The Kier molecular flexibility index (Phi) is 9.20. The summed E-state index contributed by atoms with van der Waals surface area (Å²) in [6, 6.07) is 10.2. The molecule has 0 heterocycles. The lowest BCUT2D eigenvalue weighted by Crippen LogP contribution is -2.03. The van der Waals surface area contributed by atoms with Gasteiger partial charge in [0.05, 0.1) is 0 Å². The van der Waals surface area contributed by atoms with E-state index < -0.39 is 0 Å². The Labute approximate surface area is 80.5 Å². The maximum atomic E-state index is 6.50. The molecule has 0 bridgehead atoms. The van der Waals surface area contributed by atoms with Gasteiger partial charge in [0.15, 0.2) is 0 Å². The maximum Gasteiger partial charge on any atom is 0.0462 e. The van der Waals surface area contributed by atoms with Crippen molar-refractivity contribution in [3.8, 4) is 6.57 Å². The number of nitrogens with zero attached hydrogens (tertiary/aromatic N) is 1. The highest BCUT2D eigenvalue weighted by atomic mass is 32.1. The van der Waals surface area contributed by atoms with Crippen molar-refractivity contribution >= 4 is 13.5 Å². The van der Waals surface area contributed by atoms with Crippen molar-refractivity contribution in [3.05, 3.63) is 35.9 Å². The second-order valence-corrected chi connectivity index (χ2v) is 2.20. The Morgan fingerprint density at radius 2 is 1.67 bits per heavy atom. The summed E-state index contributed by atoms with van der Waals surface area (Å²) in [5.74, 6) is 0. The largest absolute Gasteiger partial charge is 0.324 e. The van der Waals surface area contributed by atoms with Crippen LogP contribution in [0.5, 0.6) is 0 Å². The third-order valence-electron chi connectivity index (χ3n) is 1.33. The Balaban J connectivity index is 0. The second kappa shape index (κ2) is 8.12. The molecule has 1 unspecified atom stereocenters. The van der Waals surface area contributed by atoms with Gasteiger partial charge in [-0.2, -0.15) is 13.5 Å². The Morgan fingerprint density at radius 1 is 1.25 bits per heavy atom. The number of nitriles is 1. The quantitative estimate of drug-likeness (QED) is 0.721. The molecular formula is C9H14N2S. The van der Waals surface area contributed by atoms with Gasteiger partial charge in [-0.3, -0.25) is 0 Å². The minimum Gasteiger partial charge on any atom is -0.324 e. The van der Waals surface area contributed by atoms with Crippen LogP contribution in [0.25, 0.3) is 0 Å². The molecule has 66 valence electrons. The van der Waals surface area contributed by atoms with Crippen LogP contribution in [-0.4, -0.2) is 0 Å². The average molecular weight is 182 g/mol. The first kappa shape index (κ1) is 13.6. The molecule has 0 saturated carbocycles. The first-order chi connectivity index (χ1) is 5.30. The zero-order chi connectivity index (χ0) is 8.69. The topological polar surface area (TPSA) is 49.8 Å². The van der Waals surface area contributed by atoms with E-state index >= 15 is 0 Å². The Morgan fingerprint density at radius 3 is 1.92 bits per heavy atom. The van der Waals surface area contributed by atoms with Crippen LogP contribution in [0.1, 0.15) is 18.5 Å². The van der Waals surface area contributed by atoms with E-state index in [4.69, 9.17) is 11.0 Å². The lowest BCUT2D eigenvalue weighted by molar-refractivity contribution is 0.818. The van der Waals surface area contributed by atoms with Crippen molar-refractivity contribution in [2.75, 3.05) is 0 Å². The number of hydrogen-bond acceptors (Lipinski definition) is 2.